The third-order valence-corrected chi connectivity index (χ3v) is 3.62. The standard InChI is InChI=1S/C19H20FNO4/c1-13(15-5-7-16(20)8-6-15)21-18(22)12-25-17-9-3-14(4-10-17)11-19(23)24-2/h3-10,13H,11-12H2,1-2H3,(H,21,22)/t13-/m1/s1. The topological polar surface area (TPSA) is 64.6 Å². The summed E-state index contributed by atoms with van der Waals surface area (Å²) in [6.45, 7) is 1.68. The monoisotopic (exact) mass is 345 g/mol. The molecule has 0 aliphatic heterocycles. The molecule has 1 N–H and O–H groups in total. The molecule has 2 aromatic rings. The zero-order chi connectivity index (χ0) is 18.2. The van der Waals surface area contributed by atoms with E-state index in [1.165, 1.54) is 19.2 Å². The highest BCUT2D eigenvalue weighted by Crippen LogP contribution is 2.14. The third kappa shape index (κ3) is 5.91. The number of benzene rings is 2. The van der Waals surface area contributed by atoms with Crippen molar-refractivity contribution in [3.63, 3.8) is 0 Å². The molecule has 0 bridgehead atoms. The summed E-state index contributed by atoms with van der Waals surface area (Å²) in [5.41, 5.74) is 1.61. The van der Waals surface area contributed by atoms with Gasteiger partial charge in [-0.25, -0.2) is 4.39 Å². The fraction of sp³-hybridized carbons (Fsp3) is 0.263. The Labute approximate surface area is 145 Å². The van der Waals surface area contributed by atoms with E-state index in [2.05, 4.69) is 10.1 Å². The van der Waals surface area contributed by atoms with Gasteiger partial charge in [0.2, 0.25) is 0 Å². The summed E-state index contributed by atoms with van der Waals surface area (Å²) in [6, 6.07) is 12.6. The zero-order valence-corrected chi connectivity index (χ0v) is 14.1. The normalized spacial score (nSPS) is 11.5. The van der Waals surface area contributed by atoms with Crippen molar-refractivity contribution in [3.05, 3.63) is 65.5 Å². The van der Waals surface area contributed by atoms with Gasteiger partial charge in [-0.1, -0.05) is 24.3 Å². The maximum atomic E-state index is 12.9. The maximum Gasteiger partial charge on any atom is 0.309 e. The Morgan fingerprint density at radius 3 is 2.32 bits per heavy atom. The van der Waals surface area contributed by atoms with Gasteiger partial charge in [0.25, 0.3) is 5.91 Å². The number of hydrogen-bond donors (Lipinski definition) is 1. The Morgan fingerprint density at radius 1 is 1.08 bits per heavy atom. The van der Waals surface area contributed by atoms with Gasteiger partial charge in [0.15, 0.2) is 6.61 Å². The van der Waals surface area contributed by atoms with E-state index in [4.69, 9.17) is 4.74 Å². The summed E-state index contributed by atoms with van der Waals surface area (Å²) in [5, 5.41) is 2.78. The Kier molecular flexibility index (Phi) is 6.51. The molecule has 0 saturated carbocycles. The van der Waals surface area contributed by atoms with E-state index < -0.39 is 0 Å². The summed E-state index contributed by atoms with van der Waals surface area (Å²) in [6.07, 6.45) is 0.187. The fourth-order valence-corrected chi connectivity index (χ4v) is 2.21. The highest BCUT2D eigenvalue weighted by molar-refractivity contribution is 5.78. The number of carbonyl (C=O) groups excluding carboxylic acids is 2. The molecule has 132 valence electrons. The summed E-state index contributed by atoms with van der Waals surface area (Å²) in [7, 11) is 1.34. The van der Waals surface area contributed by atoms with Crippen molar-refractivity contribution in [2.45, 2.75) is 19.4 Å². The molecule has 1 atom stereocenters. The van der Waals surface area contributed by atoms with Crippen LogP contribution in [0.4, 0.5) is 4.39 Å². The minimum atomic E-state index is -0.318. The van der Waals surface area contributed by atoms with Crippen molar-refractivity contribution >= 4 is 11.9 Å². The van der Waals surface area contributed by atoms with Gasteiger partial charge in [0, 0.05) is 0 Å². The molecule has 2 aromatic carbocycles. The molecule has 0 spiro atoms. The number of esters is 1. The van der Waals surface area contributed by atoms with Crippen LogP contribution in [0.3, 0.4) is 0 Å². The second kappa shape index (κ2) is 8.82. The van der Waals surface area contributed by atoms with Crippen molar-refractivity contribution in [2.75, 3.05) is 13.7 Å². The molecule has 2 rings (SSSR count). The second-order valence-electron chi connectivity index (χ2n) is 5.53. The summed E-state index contributed by atoms with van der Waals surface area (Å²) in [5.74, 6) is -0.391. The van der Waals surface area contributed by atoms with Crippen molar-refractivity contribution in [1.29, 1.82) is 0 Å². The summed E-state index contributed by atoms with van der Waals surface area (Å²) in [4.78, 5) is 23.1. The Hall–Kier alpha value is -2.89. The highest BCUT2D eigenvalue weighted by atomic mass is 19.1. The van der Waals surface area contributed by atoms with E-state index in [-0.39, 0.29) is 36.8 Å². The minimum absolute atomic E-state index is 0.137. The van der Waals surface area contributed by atoms with Crippen LogP contribution in [0, 0.1) is 5.82 Å². The number of halogens is 1. The lowest BCUT2D eigenvalue weighted by Gasteiger charge is -2.15. The molecule has 0 fully saturated rings. The fourth-order valence-electron chi connectivity index (χ4n) is 2.21. The van der Waals surface area contributed by atoms with Gasteiger partial charge in [-0.2, -0.15) is 0 Å². The Bertz CT molecular complexity index is 713. The quantitative estimate of drug-likeness (QED) is 0.784. The molecular weight excluding hydrogens is 325 g/mol. The number of rotatable bonds is 7. The number of ether oxygens (including phenoxy) is 2. The number of nitrogens with one attached hydrogen (secondary N) is 1. The predicted molar refractivity (Wildman–Crippen MR) is 90.6 cm³/mol. The first-order valence-corrected chi connectivity index (χ1v) is 7.81. The molecule has 0 aliphatic rings. The summed E-state index contributed by atoms with van der Waals surface area (Å²) < 4.78 is 22.9. The predicted octanol–water partition coefficient (Wildman–Crippen LogP) is 2.80. The van der Waals surface area contributed by atoms with Crippen LogP contribution in [0.25, 0.3) is 0 Å². The molecule has 6 heteroatoms. The third-order valence-electron chi connectivity index (χ3n) is 3.62. The molecule has 0 radical (unpaired) electrons. The lowest BCUT2D eigenvalue weighted by atomic mass is 10.1. The van der Waals surface area contributed by atoms with Crippen LogP contribution >= 0.6 is 0 Å². The van der Waals surface area contributed by atoms with Crippen LogP contribution < -0.4 is 10.1 Å². The van der Waals surface area contributed by atoms with Crippen LogP contribution in [0.5, 0.6) is 5.75 Å². The molecular formula is C19H20FNO4. The van der Waals surface area contributed by atoms with Crippen molar-refractivity contribution < 1.29 is 23.5 Å². The molecule has 0 aliphatic carbocycles. The van der Waals surface area contributed by atoms with E-state index in [9.17, 15) is 14.0 Å². The number of hydrogen-bond acceptors (Lipinski definition) is 4. The van der Waals surface area contributed by atoms with E-state index >= 15 is 0 Å². The molecule has 0 aromatic heterocycles. The van der Waals surface area contributed by atoms with Crippen molar-refractivity contribution in [2.24, 2.45) is 0 Å². The molecule has 25 heavy (non-hydrogen) atoms. The Morgan fingerprint density at radius 2 is 1.72 bits per heavy atom. The SMILES string of the molecule is COC(=O)Cc1ccc(OCC(=O)N[C@H](C)c2ccc(F)cc2)cc1. The van der Waals surface area contributed by atoms with Crippen LogP contribution in [0.15, 0.2) is 48.5 Å². The van der Waals surface area contributed by atoms with Gasteiger partial charge in [0.05, 0.1) is 19.6 Å². The van der Waals surface area contributed by atoms with Gasteiger partial charge >= 0.3 is 5.97 Å². The second-order valence-corrected chi connectivity index (χ2v) is 5.53. The molecule has 0 heterocycles. The summed E-state index contributed by atoms with van der Waals surface area (Å²) >= 11 is 0. The van der Waals surface area contributed by atoms with Crippen molar-refractivity contribution in [3.8, 4) is 5.75 Å². The number of methoxy groups -OCH3 is 1. The van der Waals surface area contributed by atoms with E-state index in [0.29, 0.717) is 5.75 Å². The lowest BCUT2D eigenvalue weighted by Crippen LogP contribution is -2.31. The van der Waals surface area contributed by atoms with Gasteiger partial charge in [-0.05, 0) is 42.3 Å². The van der Waals surface area contributed by atoms with E-state index in [1.54, 1.807) is 36.4 Å². The maximum absolute atomic E-state index is 12.9. The van der Waals surface area contributed by atoms with Gasteiger partial charge in [0.1, 0.15) is 11.6 Å². The first-order valence-electron chi connectivity index (χ1n) is 7.81. The minimum Gasteiger partial charge on any atom is -0.484 e. The molecule has 0 saturated heterocycles. The highest BCUT2D eigenvalue weighted by Gasteiger charge is 2.10. The largest absolute Gasteiger partial charge is 0.484 e. The van der Waals surface area contributed by atoms with Crippen LogP contribution in [0.1, 0.15) is 24.1 Å². The van der Waals surface area contributed by atoms with E-state index in [1.807, 2.05) is 6.92 Å². The molecule has 1 amide bonds. The first kappa shape index (κ1) is 18.4. The Balaban J connectivity index is 1.81. The lowest BCUT2D eigenvalue weighted by molar-refractivity contribution is -0.139. The van der Waals surface area contributed by atoms with Crippen LogP contribution in [0.2, 0.25) is 0 Å². The van der Waals surface area contributed by atoms with Gasteiger partial charge in [-0.15, -0.1) is 0 Å². The van der Waals surface area contributed by atoms with Crippen LogP contribution in [-0.2, 0) is 20.7 Å². The van der Waals surface area contributed by atoms with Crippen molar-refractivity contribution in [1.82, 2.24) is 5.32 Å². The molecule has 0 unspecified atom stereocenters. The van der Waals surface area contributed by atoms with Crippen LogP contribution in [-0.4, -0.2) is 25.6 Å². The van der Waals surface area contributed by atoms with Gasteiger partial charge in [-0.3, -0.25) is 9.59 Å². The average molecular weight is 345 g/mol. The zero-order valence-electron chi connectivity index (χ0n) is 14.1. The number of carbonyl (C=O) groups is 2. The number of amides is 1. The first-order chi connectivity index (χ1) is 12.0. The molecule has 5 nitrogen and oxygen atoms in total. The van der Waals surface area contributed by atoms with E-state index in [0.717, 1.165) is 11.1 Å². The smallest absolute Gasteiger partial charge is 0.309 e. The average Bonchev–Trinajstić information content (AvgIpc) is 2.61. The van der Waals surface area contributed by atoms with Gasteiger partial charge < -0.3 is 14.8 Å².